The predicted molar refractivity (Wildman–Crippen MR) is 114 cm³/mol. The summed E-state index contributed by atoms with van der Waals surface area (Å²) >= 11 is 0. The molecule has 3 heterocycles. The second-order valence-electron chi connectivity index (χ2n) is 7.02. The molecule has 0 saturated carbocycles. The first-order chi connectivity index (χ1) is 15.1. The Bertz CT molecular complexity index is 1410. The molecule has 2 aromatic carbocycles. The maximum Gasteiger partial charge on any atom is 0.240 e. The lowest BCUT2D eigenvalue weighted by Crippen LogP contribution is -2.02. The van der Waals surface area contributed by atoms with E-state index in [-0.39, 0.29) is 17.5 Å². The van der Waals surface area contributed by atoms with Crippen molar-refractivity contribution in [1.29, 1.82) is 0 Å². The Morgan fingerprint density at radius 1 is 1.03 bits per heavy atom. The van der Waals surface area contributed by atoms with Gasteiger partial charge >= 0.3 is 0 Å². The SMILES string of the molecule is COc1cccc(-c2cn3nc(-c4nccn4C)nc(O)c3c2-c2ccccc2)c1F. The van der Waals surface area contributed by atoms with E-state index in [1.165, 1.54) is 11.6 Å². The van der Waals surface area contributed by atoms with Crippen molar-refractivity contribution in [3.8, 4) is 45.5 Å². The fourth-order valence-electron chi connectivity index (χ4n) is 3.72. The largest absolute Gasteiger partial charge is 0.494 e. The highest BCUT2D eigenvalue weighted by molar-refractivity contribution is 5.96. The third-order valence-electron chi connectivity index (χ3n) is 5.17. The second kappa shape index (κ2) is 7.24. The van der Waals surface area contributed by atoms with Gasteiger partial charge in [0.15, 0.2) is 17.4 Å². The molecule has 0 aliphatic carbocycles. The number of fused-ring (bicyclic) bond motifs is 1. The van der Waals surface area contributed by atoms with Crippen LogP contribution in [0.15, 0.2) is 67.1 Å². The number of ether oxygens (including phenoxy) is 1. The van der Waals surface area contributed by atoms with Crippen molar-refractivity contribution in [2.45, 2.75) is 0 Å². The minimum atomic E-state index is -0.491. The van der Waals surface area contributed by atoms with Crippen LogP contribution in [0.3, 0.4) is 0 Å². The number of methoxy groups -OCH3 is 1. The van der Waals surface area contributed by atoms with E-state index in [1.54, 1.807) is 41.4 Å². The Hall–Kier alpha value is -4.20. The highest BCUT2D eigenvalue weighted by Crippen LogP contribution is 2.42. The summed E-state index contributed by atoms with van der Waals surface area (Å²) in [5, 5.41) is 15.4. The van der Waals surface area contributed by atoms with E-state index in [4.69, 9.17) is 4.74 Å². The van der Waals surface area contributed by atoms with Crippen molar-refractivity contribution < 1.29 is 14.2 Å². The predicted octanol–water partition coefficient (Wildman–Crippen LogP) is 4.32. The lowest BCUT2D eigenvalue weighted by atomic mass is 9.97. The molecule has 0 fully saturated rings. The minimum absolute atomic E-state index is 0.135. The van der Waals surface area contributed by atoms with Crippen molar-refractivity contribution in [3.63, 3.8) is 0 Å². The van der Waals surface area contributed by atoms with Crippen LogP contribution in [0.1, 0.15) is 0 Å². The van der Waals surface area contributed by atoms with Gasteiger partial charge in [0.1, 0.15) is 5.52 Å². The van der Waals surface area contributed by atoms with Crippen LogP contribution in [-0.2, 0) is 7.05 Å². The number of aryl methyl sites for hydroxylation is 1. The summed E-state index contributed by atoms with van der Waals surface area (Å²) in [4.78, 5) is 8.53. The summed E-state index contributed by atoms with van der Waals surface area (Å²) in [7, 11) is 3.24. The van der Waals surface area contributed by atoms with Crippen molar-refractivity contribution in [2.24, 2.45) is 7.05 Å². The van der Waals surface area contributed by atoms with Gasteiger partial charge in [-0.25, -0.2) is 13.9 Å². The highest BCUT2D eigenvalue weighted by atomic mass is 19.1. The average Bonchev–Trinajstić information content (AvgIpc) is 3.38. The fraction of sp³-hybridized carbons (Fsp3) is 0.0870. The van der Waals surface area contributed by atoms with E-state index in [0.717, 1.165) is 5.56 Å². The molecule has 8 heteroatoms. The molecule has 0 spiro atoms. The van der Waals surface area contributed by atoms with Gasteiger partial charge in [0.2, 0.25) is 11.7 Å². The third kappa shape index (κ3) is 3.00. The molecule has 154 valence electrons. The van der Waals surface area contributed by atoms with Gasteiger partial charge in [0.25, 0.3) is 0 Å². The molecule has 0 aliphatic rings. The lowest BCUT2D eigenvalue weighted by molar-refractivity contribution is 0.387. The number of aromatic nitrogens is 5. The van der Waals surface area contributed by atoms with Crippen LogP contribution >= 0.6 is 0 Å². The zero-order valence-corrected chi connectivity index (χ0v) is 16.8. The summed E-state index contributed by atoms with van der Waals surface area (Å²) in [5.74, 6) is 0.179. The summed E-state index contributed by atoms with van der Waals surface area (Å²) in [5.41, 5.74) is 2.69. The van der Waals surface area contributed by atoms with E-state index in [2.05, 4.69) is 15.1 Å². The molecule has 0 unspecified atom stereocenters. The minimum Gasteiger partial charge on any atom is -0.494 e. The number of nitrogens with zero attached hydrogens (tertiary/aromatic N) is 5. The zero-order chi connectivity index (χ0) is 21.5. The molecule has 31 heavy (non-hydrogen) atoms. The molecule has 0 amide bonds. The van der Waals surface area contributed by atoms with Gasteiger partial charge < -0.3 is 14.4 Å². The van der Waals surface area contributed by atoms with E-state index in [0.29, 0.717) is 28.0 Å². The molecule has 7 nitrogen and oxygen atoms in total. The van der Waals surface area contributed by atoms with Gasteiger partial charge in [-0.1, -0.05) is 42.5 Å². The molecular formula is C23H18FN5O2. The highest BCUT2D eigenvalue weighted by Gasteiger charge is 2.23. The Morgan fingerprint density at radius 2 is 1.84 bits per heavy atom. The molecule has 0 aliphatic heterocycles. The molecule has 0 bridgehead atoms. The average molecular weight is 415 g/mol. The topological polar surface area (TPSA) is 77.5 Å². The van der Waals surface area contributed by atoms with Crippen LogP contribution in [0.25, 0.3) is 39.4 Å². The molecule has 5 aromatic rings. The lowest BCUT2D eigenvalue weighted by Gasteiger charge is -2.09. The maximum atomic E-state index is 15.2. The van der Waals surface area contributed by atoms with E-state index >= 15 is 4.39 Å². The summed E-state index contributed by atoms with van der Waals surface area (Å²) < 4.78 is 23.6. The molecule has 0 atom stereocenters. The monoisotopic (exact) mass is 415 g/mol. The van der Waals surface area contributed by atoms with Crippen molar-refractivity contribution in [2.75, 3.05) is 7.11 Å². The molecule has 5 rings (SSSR count). The quantitative estimate of drug-likeness (QED) is 0.473. The number of rotatable bonds is 4. The maximum absolute atomic E-state index is 15.2. The van der Waals surface area contributed by atoms with Gasteiger partial charge in [-0.05, 0) is 11.6 Å². The fourth-order valence-corrected chi connectivity index (χ4v) is 3.72. The number of imidazole rings is 1. The summed E-state index contributed by atoms with van der Waals surface area (Å²) in [6.07, 6.45) is 5.08. The summed E-state index contributed by atoms with van der Waals surface area (Å²) in [6.45, 7) is 0. The number of benzene rings is 2. The number of hydrogen-bond donors (Lipinski definition) is 1. The Morgan fingerprint density at radius 3 is 2.55 bits per heavy atom. The van der Waals surface area contributed by atoms with Crippen LogP contribution in [0.4, 0.5) is 4.39 Å². The van der Waals surface area contributed by atoms with Crippen molar-refractivity contribution in [1.82, 2.24) is 24.1 Å². The molecular weight excluding hydrogens is 397 g/mol. The zero-order valence-electron chi connectivity index (χ0n) is 16.8. The first kappa shape index (κ1) is 18.8. The second-order valence-corrected chi connectivity index (χ2v) is 7.02. The van der Waals surface area contributed by atoms with Gasteiger partial charge in [-0.3, -0.25) is 0 Å². The van der Waals surface area contributed by atoms with Crippen LogP contribution < -0.4 is 4.74 Å². The third-order valence-corrected chi connectivity index (χ3v) is 5.17. The number of halogens is 1. The molecule has 0 radical (unpaired) electrons. The standard InChI is InChI=1S/C23H18FN5O2/c1-28-12-11-25-22(28)21-26-23(30)20-18(14-7-4-3-5-8-14)16(13-29(20)27-21)15-9-6-10-17(31-2)19(15)24/h3-13H,1-2H3,(H,26,27,30). The van der Waals surface area contributed by atoms with Crippen molar-refractivity contribution in [3.05, 3.63) is 72.9 Å². The summed E-state index contributed by atoms with van der Waals surface area (Å²) in [6, 6.07) is 14.4. The van der Waals surface area contributed by atoms with Gasteiger partial charge in [0, 0.05) is 42.3 Å². The van der Waals surface area contributed by atoms with Gasteiger partial charge in [-0.2, -0.15) is 4.98 Å². The Kier molecular flexibility index (Phi) is 4.39. The Balaban J connectivity index is 1.85. The number of hydrogen-bond acceptors (Lipinski definition) is 5. The molecule has 1 N–H and O–H groups in total. The van der Waals surface area contributed by atoms with E-state index in [9.17, 15) is 5.11 Å². The molecule has 3 aromatic heterocycles. The van der Waals surface area contributed by atoms with Gasteiger partial charge in [-0.15, -0.1) is 5.10 Å². The smallest absolute Gasteiger partial charge is 0.240 e. The van der Waals surface area contributed by atoms with E-state index in [1.807, 2.05) is 37.4 Å². The van der Waals surface area contributed by atoms with Crippen molar-refractivity contribution >= 4 is 5.52 Å². The molecule has 0 saturated heterocycles. The van der Waals surface area contributed by atoms with Crippen LogP contribution in [-0.4, -0.2) is 36.4 Å². The first-order valence-electron chi connectivity index (χ1n) is 9.57. The number of aromatic hydroxyl groups is 1. The van der Waals surface area contributed by atoms with Crippen LogP contribution in [0, 0.1) is 5.82 Å². The first-order valence-corrected chi connectivity index (χ1v) is 9.57. The van der Waals surface area contributed by atoms with Gasteiger partial charge in [0.05, 0.1) is 7.11 Å². The van der Waals surface area contributed by atoms with Crippen LogP contribution in [0.2, 0.25) is 0 Å². The van der Waals surface area contributed by atoms with Crippen LogP contribution in [0.5, 0.6) is 11.6 Å². The van der Waals surface area contributed by atoms with E-state index < -0.39 is 5.82 Å². The normalized spacial score (nSPS) is 11.2. The Labute approximate surface area is 177 Å².